The van der Waals surface area contributed by atoms with Gasteiger partial charge in [0, 0.05) is 0 Å². The first-order valence-electron chi connectivity index (χ1n) is 3.68. The highest BCUT2D eigenvalue weighted by atomic mass is 32.2. The molecule has 13 heavy (non-hydrogen) atoms. The third kappa shape index (κ3) is 3.33. The summed E-state index contributed by atoms with van der Waals surface area (Å²) >= 11 is 0. The second-order valence-electron chi connectivity index (χ2n) is 2.70. The second-order valence-corrected chi connectivity index (χ2v) is 4.33. The van der Waals surface area contributed by atoms with E-state index in [4.69, 9.17) is 0 Å². The molecule has 0 unspecified atom stereocenters. The number of nitrogens with zero attached hydrogens (tertiary/aromatic N) is 2. The van der Waals surface area contributed by atoms with E-state index in [-0.39, 0.29) is 0 Å². The zero-order chi connectivity index (χ0) is 9.90. The molecule has 1 aromatic carbocycles. The third-order valence-corrected chi connectivity index (χ3v) is 1.79. The fourth-order valence-corrected chi connectivity index (χ4v) is 1.03. The lowest BCUT2D eigenvalue weighted by Gasteiger charge is -1.95. The molecule has 0 aromatic heterocycles. The van der Waals surface area contributed by atoms with Crippen molar-refractivity contribution >= 4 is 15.7 Å². The topological polar surface area (TPSA) is 58.9 Å². The predicted molar refractivity (Wildman–Crippen MR) is 50.5 cm³/mol. The van der Waals surface area contributed by atoms with Crippen molar-refractivity contribution in [2.75, 3.05) is 6.26 Å². The molecule has 0 aliphatic carbocycles. The number of hydrogen-bond acceptors (Lipinski definition) is 3. The van der Waals surface area contributed by atoms with Crippen LogP contribution in [-0.2, 0) is 10.0 Å². The van der Waals surface area contributed by atoms with E-state index < -0.39 is 10.0 Å². The van der Waals surface area contributed by atoms with Gasteiger partial charge < -0.3 is 0 Å². The van der Waals surface area contributed by atoms with E-state index in [1.807, 2.05) is 19.1 Å². The van der Waals surface area contributed by atoms with Crippen LogP contribution in [0, 0.1) is 6.92 Å². The van der Waals surface area contributed by atoms with Crippen LogP contribution >= 0.6 is 0 Å². The smallest absolute Gasteiger partial charge is 0.203 e. The molecule has 0 fully saturated rings. The molecule has 0 N–H and O–H groups in total. The summed E-state index contributed by atoms with van der Waals surface area (Å²) in [5.74, 6) is 0. The molecule has 0 saturated heterocycles. The highest BCUT2D eigenvalue weighted by Crippen LogP contribution is 2.17. The fourth-order valence-electron chi connectivity index (χ4n) is 0.794. The number of rotatable bonds is 2. The lowest BCUT2D eigenvalue weighted by atomic mass is 10.2. The minimum absolute atomic E-state index is 0.577. The molecule has 1 aromatic rings. The fraction of sp³-hybridized carbons (Fsp3) is 0.250. The quantitative estimate of drug-likeness (QED) is 0.683. The maximum atomic E-state index is 10.7. The van der Waals surface area contributed by atoms with E-state index in [9.17, 15) is 8.42 Å². The van der Waals surface area contributed by atoms with Crippen molar-refractivity contribution in [3.05, 3.63) is 29.8 Å². The van der Waals surface area contributed by atoms with Gasteiger partial charge in [-0.3, -0.25) is 0 Å². The van der Waals surface area contributed by atoms with Crippen molar-refractivity contribution in [1.29, 1.82) is 0 Å². The minimum atomic E-state index is -3.38. The first-order chi connectivity index (χ1) is 5.99. The van der Waals surface area contributed by atoms with Gasteiger partial charge in [-0.15, -0.1) is 5.11 Å². The van der Waals surface area contributed by atoms with E-state index in [2.05, 4.69) is 9.63 Å². The summed E-state index contributed by atoms with van der Waals surface area (Å²) in [5, 5.41) is 3.61. The number of sulfonamides is 1. The molecule has 0 aliphatic rings. The Morgan fingerprint density at radius 2 is 1.85 bits per heavy atom. The largest absolute Gasteiger partial charge is 0.267 e. The van der Waals surface area contributed by atoms with Crippen molar-refractivity contribution in [3.63, 3.8) is 0 Å². The first-order valence-corrected chi connectivity index (χ1v) is 5.52. The Bertz CT molecular complexity index is 424. The Labute approximate surface area is 77.4 Å². The first kappa shape index (κ1) is 9.85. The SMILES string of the molecule is Cc1ccccc1N=NS(C)(=O)=O. The van der Waals surface area contributed by atoms with Gasteiger partial charge in [-0.1, -0.05) is 22.7 Å². The van der Waals surface area contributed by atoms with Gasteiger partial charge in [0.2, 0.25) is 0 Å². The zero-order valence-corrected chi connectivity index (χ0v) is 8.25. The van der Waals surface area contributed by atoms with Crippen LogP contribution in [0.25, 0.3) is 0 Å². The summed E-state index contributed by atoms with van der Waals surface area (Å²) < 4.78 is 24.5. The standard InChI is InChI=1S/C8H10N2O2S/c1-7-5-3-4-6-8(7)9-10-13(2,11)12/h3-6H,1-2H3. The van der Waals surface area contributed by atoms with Crippen molar-refractivity contribution in [2.45, 2.75) is 6.92 Å². The summed E-state index contributed by atoms with van der Waals surface area (Å²) in [5.41, 5.74) is 1.47. The van der Waals surface area contributed by atoms with Crippen LogP contribution in [0.3, 0.4) is 0 Å². The van der Waals surface area contributed by atoms with Gasteiger partial charge in [0.15, 0.2) is 0 Å². The monoisotopic (exact) mass is 198 g/mol. The van der Waals surface area contributed by atoms with E-state index in [0.29, 0.717) is 5.69 Å². The highest BCUT2D eigenvalue weighted by molar-refractivity contribution is 7.89. The number of hydrogen-bond donors (Lipinski definition) is 0. The molecule has 0 saturated carbocycles. The Kier molecular flexibility index (Phi) is 2.77. The van der Waals surface area contributed by atoms with Gasteiger partial charge in [-0.25, -0.2) is 8.42 Å². The lowest BCUT2D eigenvalue weighted by Crippen LogP contribution is -1.86. The van der Waals surface area contributed by atoms with Crippen LogP contribution in [0.4, 0.5) is 5.69 Å². The zero-order valence-electron chi connectivity index (χ0n) is 7.43. The summed E-state index contributed by atoms with van der Waals surface area (Å²) in [6.45, 7) is 1.84. The molecular weight excluding hydrogens is 188 g/mol. The minimum Gasteiger partial charge on any atom is -0.203 e. The third-order valence-electron chi connectivity index (χ3n) is 1.41. The predicted octanol–water partition coefficient (Wildman–Crippen LogP) is 2.04. The van der Waals surface area contributed by atoms with Gasteiger partial charge in [-0.2, -0.15) is 0 Å². The molecule has 4 nitrogen and oxygen atoms in total. The van der Waals surface area contributed by atoms with Crippen LogP contribution < -0.4 is 0 Å². The molecule has 70 valence electrons. The molecule has 1 rings (SSSR count). The normalized spacial score (nSPS) is 12.2. The second kappa shape index (κ2) is 3.66. The van der Waals surface area contributed by atoms with E-state index in [1.165, 1.54) is 0 Å². The van der Waals surface area contributed by atoms with Crippen molar-refractivity contribution in [2.24, 2.45) is 9.63 Å². The Balaban J connectivity index is 3.00. The van der Waals surface area contributed by atoms with E-state index >= 15 is 0 Å². The molecule has 0 radical (unpaired) electrons. The van der Waals surface area contributed by atoms with Gasteiger partial charge in [0.1, 0.15) is 0 Å². The van der Waals surface area contributed by atoms with Crippen molar-refractivity contribution < 1.29 is 8.42 Å². The van der Waals surface area contributed by atoms with Gasteiger partial charge in [-0.05, 0) is 18.6 Å². The van der Waals surface area contributed by atoms with Crippen LogP contribution in [0.1, 0.15) is 5.56 Å². The van der Waals surface area contributed by atoms with Crippen LogP contribution in [0.2, 0.25) is 0 Å². The average molecular weight is 198 g/mol. The highest BCUT2D eigenvalue weighted by Gasteiger charge is 1.97. The number of aryl methyl sites for hydroxylation is 1. The Hall–Kier alpha value is -1.23. The average Bonchev–Trinajstić information content (AvgIpc) is 2.01. The molecule has 5 heteroatoms. The van der Waals surface area contributed by atoms with E-state index in [1.54, 1.807) is 12.1 Å². The summed E-state index contributed by atoms with van der Waals surface area (Å²) in [4.78, 5) is 0. The molecule has 0 aliphatic heterocycles. The van der Waals surface area contributed by atoms with Crippen molar-refractivity contribution in [3.8, 4) is 0 Å². The molecule has 0 amide bonds. The van der Waals surface area contributed by atoms with E-state index in [0.717, 1.165) is 11.8 Å². The van der Waals surface area contributed by atoms with Crippen molar-refractivity contribution in [1.82, 2.24) is 0 Å². The van der Waals surface area contributed by atoms with Crippen LogP contribution in [-0.4, -0.2) is 14.7 Å². The molecular formula is C8H10N2O2S. The Morgan fingerprint density at radius 1 is 1.23 bits per heavy atom. The van der Waals surface area contributed by atoms with Crippen LogP contribution in [0.5, 0.6) is 0 Å². The molecule has 0 heterocycles. The Morgan fingerprint density at radius 3 is 2.38 bits per heavy atom. The van der Waals surface area contributed by atoms with Crippen LogP contribution in [0.15, 0.2) is 33.9 Å². The maximum absolute atomic E-state index is 10.7. The summed E-state index contributed by atoms with van der Waals surface area (Å²) in [7, 11) is -3.38. The molecule has 0 bridgehead atoms. The number of benzene rings is 1. The lowest BCUT2D eigenvalue weighted by molar-refractivity contribution is 0.601. The summed E-state index contributed by atoms with van der Waals surface area (Å²) in [6.07, 6.45) is 1.01. The summed E-state index contributed by atoms with van der Waals surface area (Å²) in [6, 6.07) is 7.19. The maximum Gasteiger partial charge on any atom is 0.267 e. The molecule has 0 spiro atoms. The molecule has 0 atom stereocenters. The van der Waals surface area contributed by atoms with Gasteiger partial charge >= 0.3 is 0 Å². The van der Waals surface area contributed by atoms with Gasteiger partial charge in [0.25, 0.3) is 10.0 Å². The van der Waals surface area contributed by atoms with Gasteiger partial charge in [0.05, 0.1) is 11.9 Å².